The Morgan fingerprint density at radius 1 is 0.374 bits per heavy atom. The summed E-state index contributed by atoms with van der Waals surface area (Å²) < 4.78 is 0. The molecule has 0 aliphatic rings. The minimum Gasteiger partial charge on any atom is -0.388 e. The van der Waals surface area contributed by atoms with Crippen molar-refractivity contribution in [2.24, 2.45) is 46.8 Å². The van der Waals surface area contributed by atoms with Crippen LogP contribution in [0.3, 0.4) is 0 Å². The Kier molecular flexibility index (Phi) is 43.6. The van der Waals surface area contributed by atoms with Crippen molar-refractivity contribution in [2.45, 2.75) is 324 Å². The average Bonchev–Trinajstić information content (AvgIpc) is 0.803. The lowest BCUT2D eigenvalue weighted by Gasteiger charge is -2.35. The fourth-order valence-corrected chi connectivity index (χ4v) is 11.9. The number of ketones is 1. The third-order valence-corrected chi connectivity index (χ3v) is 20.4. The van der Waals surface area contributed by atoms with Crippen LogP contribution in [0.5, 0.6) is 0 Å². The minimum atomic E-state index is -2.14. The number of nitrogens with one attached hydrogen (secondary N) is 14. The molecule has 0 aromatic carbocycles. The largest absolute Gasteiger partial charge is 0.388 e. The number of amides is 13. The van der Waals surface area contributed by atoms with Gasteiger partial charge in [-0.3, -0.25) is 67.1 Å². The van der Waals surface area contributed by atoms with Gasteiger partial charge in [0, 0.05) is 30.7 Å². The number of rotatable bonds is 47. The van der Waals surface area contributed by atoms with Crippen LogP contribution in [0.2, 0.25) is 0 Å². The summed E-state index contributed by atoms with van der Waals surface area (Å²) in [5.74, 6) is -14.6. The second-order valence-corrected chi connectivity index (χ2v) is 35.1. The van der Waals surface area contributed by atoms with E-state index in [1.54, 1.807) is 104 Å². The van der Waals surface area contributed by atoms with E-state index in [4.69, 9.17) is 0 Å². The normalized spacial score (nSPS) is 16.2. The molecule has 0 fully saturated rings. The lowest BCUT2D eigenvalue weighted by Crippen LogP contribution is -2.66. The molecule has 115 heavy (non-hydrogen) atoms. The van der Waals surface area contributed by atoms with Crippen molar-refractivity contribution >= 4 is 82.6 Å². The molecule has 12 atom stereocenters. The van der Waals surface area contributed by atoms with Crippen LogP contribution in [-0.2, 0) is 67.1 Å². The zero-order chi connectivity index (χ0) is 89.9. The molecule has 32 heteroatoms. The number of nitrogens with zero attached hydrogens (tertiary/aromatic N) is 1. The average molecular weight is 1630 g/mol. The molecule has 656 valence electrons. The van der Waals surface area contributed by atoms with Gasteiger partial charge in [-0.25, -0.2) is 0 Å². The SMILES string of the molecule is CC/C(C)=C(\NC(=O)[C@H](C)NC(=O)/C(NC(=O)[C@@H](NC(=O)C(C)(C)C(=O)[C@@H](C)CC(C)C)[C@](C)(O)CC)=C(\C)CC)C(=O)N[C@@H](C(=O)NC(C(=O)N[C@@H](C(=O)N[C@H](C(=O)N/C(C(=O)N[C@@H](C)C(=O)N[C@@H](C(=O)N[C@H](C(=O)NC(CN[C@@H](CN(C)C)C(C)C)=C(C)C)C(C)C)C(C)C)=C(\C)CC)C(C)(C)O)C(C)(C)O)C(C)C)C(C)C. The van der Waals surface area contributed by atoms with E-state index in [2.05, 4.69) is 93.2 Å². The molecular weight excluding hydrogens is 1480 g/mol. The van der Waals surface area contributed by atoms with Gasteiger partial charge >= 0.3 is 0 Å². The Morgan fingerprint density at radius 2 is 0.713 bits per heavy atom. The van der Waals surface area contributed by atoms with Gasteiger partial charge in [-0.2, -0.15) is 0 Å². The van der Waals surface area contributed by atoms with E-state index >= 15 is 0 Å². The van der Waals surface area contributed by atoms with Crippen LogP contribution in [0.1, 0.15) is 247 Å². The van der Waals surface area contributed by atoms with Crippen molar-refractivity contribution in [2.75, 3.05) is 27.2 Å². The van der Waals surface area contributed by atoms with Crippen molar-refractivity contribution in [3.63, 3.8) is 0 Å². The molecule has 0 aromatic rings. The van der Waals surface area contributed by atoms with Gasteiger partial charge < -0.3 is 94.7 Å². The molecule has 1 unspecified atom stereocenters. The van der Waals surface area contributed by atoms with Crippen molar-refractivity contribution < 1.29 is 82.4 Å². The van der Waals surface area contributed by atoms with E-state index in [0.717, 1.165) is 12.1 Å². The van der Waals surface area contributed by atoms with E-state index in [9.17, 15) is 82.4 Å². The number of carbonyl (C=O) groups is 14. The molecule has 0 aliphatic heterocycles. The highest BCUT2D eigenvalue weighted by molar-refractivity contribution is 6.09. The van der Waals surface area contributed by atoms with Gasteiger partial charge in [0.05, 0.1) is 16.8 Å². The van der Waals surface area contributed by atoms with Crippen LogP contribution in [-0.4, -0.2) is 207 Å². The second kappa shape index (κ2) is 47.1. The first-order valence-corrected chi connectivity index (χ1v) is 40.4. The maximum Gasteiger partial charge on any atom is 0.268 e. The van der Waals surface area contributed by atoms with E-state index in [1.807, 2.05) is 41.8 Å². The van der Waals surface area contributed by atoms with E-state index in [-0.39, 0.29) is 72.0 Å². The first-order valence-electron chi connectivity index (χ1n) is 40.4. The Hall–Kier alpha value is -8.46. The lowest BCUT2D eigenvalue weighted by molar-refractivity contribution is -0.147. The highest BCUT2D eigenvalue weighted by Crippen LogP contribution is 2.28. The van der Waals surface area contributed by atoms with Gasteiger partial charge in [-0.05, 0) is 195 Å². The molecule has 0 saturated carbocycles. The van der Waals surface area contributed by atoms with Crippen molar-refractivity contribution in [1.82, 2.24) is 79.3 Å². The molecule has 13 amide bonds. The number of hydrogen-bond donors (Lipinski definition) is 17. The zero-order valence-electron chi connectivity index (χ0n) is 75.3. The molecule has 0 aliphatic carbocycles. The summed E-state index contributed by atoms with van der Waals surface area (Å²) in [6, 6.07) is -13.3. The van der Waals surface area contributed by atoms with E-state index < -0.39 is 177 Å². The van der Waals surface area contributed by atoms with Gasteiger partial charge in [0.2, 0.25) is 59.1 Å². The van der Waals surface area contributed by atoms with Crippen LogP contribution < -0.4 is 74.4 Å². The molecule has 17 N–H and O–H groups in total. The summed E-state index contributed by atoms with van der Waals surface area (Å²) in [7, 11) is 3.96. The number of allylic oxidation sites excluding steroid dienone is 4. The third kappa shape index (κ3) is 33.6. The molecule has 0 saturated heterocycles. The predicted octanol–water partition coefficient (Wildman–Crippen LogP) is 3.98. The molecule has 0 spiro atoms. The fraction of sp³-hybridized carbons (Fsp3) is 0.735. The van der Waals surface area contributed by atoms with Gasteiger partial charge in [0.15, 0.2) is 5.78 Å². The van der Waals surface area contributed by atoms with Crippen molar-refractivity contribution in [1.29, 1.82) is 0 Å². The molecule has 0 heterocycles. The van der Waals surface area contributed by atoms with Gasteiger partial charge in [-0.15, -0.1) is 0 Å². The maximum atomic E-state index is 14.5. The van der Waals surface area contributed by atoms with Crippen molar-refractivity contribution in [3.05, 3.63) is 45.1 Å². The highest BCUT2D eigenvalue weighted by atomic mass is 16.3. The predicted molar refractivity (Wildman–Crippen MR) is 444 cm³/mol. The number of Topliss-reactive ketones (excluding diaryl/α,β-unsaturated/α-hetero) is 1. The van der Waals surface area contributed by atoms with Crippen LogP contribution in [0, 0.1) is 46.8 Å². The summed E-state index contributed by atoms with van der Waals surface area (Å²) >= 11 is 0. The van der Waals surface area contributed by atoms with Gasteiger partial charge in [0.1, 0.15) is 76.9 Å². The summed E-state index contributed by atoms with van der Waals surface area (Å²) in [6.07, 6.45) is 1.04. The quantitative estimate of drug-likeness (QED) is 0.0303. The Morgan fingerprint density at radius 3 is 1.07 bits per heavy atom. The molecule has 32 nitrogen and oxygen atoms in total. The summed E-state index contributed by atoms with van der Waals surface area (Å²) in [6.45, 7) is 50.7. The molecule has 0 rings (SSSR count). The number of carbonyl (C=O) groups excluding carboxylic acids is 14. The number of hydrogen-bond acceptors (Lipinski definition) is 19. The Labute approximate surface area is 684 Å². The van der Waals surface area contributed by atoms with Gasteiger partial charge in [0.25, 0.3) is 17.7 Å². The topological polar surface area (TPSA) is 471 Å². The summed E-state index contributed by atoms with van der Waals surface area (Å²) in [5, 5.41) is 71.9. The Balaban J connectivity index is 6.83. The minimum absolute atomic E-state index is 0.0441. The highest BCUT2D eigenvalue weighted by Gasteiger charge is 2.47. The molecule has 0 bridgehead atoms. The molecule has 0 aromatic heterocycles. The second-order valence-electron chi connectivity index (χ2n) is 35.1. The monoisotopic (exact) mass is 1630 g/mol. The fourth-order valence-electron chi connectivity index (χ4n) is 11.9. The Bertz CT molecular complexity index is 3550. The first kappa shape index (κ1) is 107. The summed E-state index contributed by atoms with van der Waals surface area (Å²) in [4.78, 5) is 200. The smallest absolute Gasteiger partial charge is 0.268 e. The van der Waals surface area contributed by atoms with Gasteiger partial charge in [-0.1, -0.05) is 123 Å². The van der Waals surface area contributed by atoms with E-state index in [0.29, 0.717) is 35.7 Å². The summed E-state index contributed by atoms with van der Waals surface area (Å²) in [5.41, 5.74) is -6.29. The van der Waals surface area contributed by atoms with Crippen LogP contribution in [0.15, 0.2) is 45.1 Å². The third-order valence-electron chi connectivity index (χ3n) is 20.4. The zero-order valence-corrected chi connectivity index (χ0v) is 75.3. The first-order chi connectivity index (χ1) is 52.5. The number of likely N-dealkylation sites (N-methyl/N-ethyl adjacent to an activating group) is 1. The van der Waals surface area contributed by atoms with Crippen molar-refractivity contribution in [3.8, 4) is 0 Å². The molecule has 0 radical (unpaired) electrons. The van der Waals surface area contributed by atoms with Crippen LogP contribution >= 0.6 is 0 Å². The number of aliphatic hydroxyl groups is 3. The van der Waals surface area contributed by atoms with Crippen LogP contribution in [0.25, 0.3) is 0 Å². The van der Waals surface area contributed by atoms with E-state index in [1.165, 1.54) is 69.2 Å². The maximum absolute atomic E-state index is 14.5. The standard InChI is InChI=1S/C83H147N15O17/c1-34-48(19)60(73(106)85-52(23)67(100)88-57(45(13)14)70(103)89-56(44(11)12)69(102)87-54(42(7)8)39-84-55(43(9)10)40-98(32)33)93-76(109)63(81(27,28)113)96-77(110)64(82(29,30)114)95-72(105)59(47(17)18)90-71(104)58(46(15)16)91-75(108)62(50(21)36-3)92-68(101)53(24)86-74(107)61(49(20)35-2)94-78(111)65(83(31,115)37-4)97-79(112)80(25,26)66(99)51(22)38-41(5)6/h41,43-47,51-53,55-59,63-65,84,113-115H,34-40H2,1-33H3,(H,85,106)(H,86,107)(H,87,102)(H,88,100)(H,89,103)(H,90,104)(H,91,108)(H,92,101)(H,93,109)(H,94,111)(H,95,105)(H,96,110)(H,97,112)/b60-48+,61-49-,62-50-/t51-,52-,53-,55-,56-,57+,58+,59?,63+,64-,65+,83+/m0/s1. The van der Waals surface area contributed by atoms with Crippen LogP contribution in [0.4, 0.5) is 0 Å². The lowest BCUT2D eigenvalue weighted by atomic mass is 9.78. The molecular formula is C83H147N15O17.